The Balaban J connectivity index is 0.00000289. The maximum absolute atomic E-state index is 11.7. The molecule has 1 aromatic rings. The van der Waals surface area contributed by atoms with Crippen molar-refractivity contribution in [1.82, 2.24) is 20.8 Å². The van der Waals surface area contributed by atoms with Crippen LogP contribution in [0.1, 0.15) is 49.3 Å². The molecule has 1 heterocycles. The number of rotatable bonds is 7. The molecular formula is C12H23ClN4O. The molecule has 1 amide bonds. The molecule has 0 radical (unpaired) electrons. The van der Waals surface area contributed by atoms with E-state index in [-0.39, 0.29) is 18.3 Å². The van der Waals surface area contributed by atoms with Gasteiger partial charge in [-0.05, 0) is 24.9 Å². The average molecular weight is 275 g/mol. The van der Waals surface area contributed by atoms with E-state index in [1.807, 2.05) is 0 Å². The molecule has 0 atom stereocenters. The van der Waals surface area contributed by atoms with Gasteiger partial charge in [-0.25, -0.2) is 0 Å². The fourth-order valence-electron chi connectivity index (χ4n) is 1.41. The topological polar surface area (TPSA) is 69.8 Å². The normalized spacial score (nSPS) is 10.2. The molecule has 18 heavy (non-hydrogen) atoms. The van der Waals surface area contributed by atoms with Crippen molar-refractivity contribution in [2.45, 2.75) is 33.1 Å². The Morgan fingerprint density at radius 2 is 2.11 bits per heavy atom. The van der Waals surface area contributed by atoms with Gasteiger partial charge in [0.1, 0.15) is 5.69 Å². The molecule has 0 fully saturated rings. The number of halogens is 1. The lowest BCUT2D eigenvalue weighted by atomic mass is 10.1. The Hall–Kier alpha value is -1.07. The number of H-pyrrole nitrogens is 1. The number of amides is 1. The van der Waals surface area contributed by atoms with Gasteiger partial charge >= 0.3 is 0 Å². The summed E-state index contributed by atoms with van der Waals surface area (Å²) in [5.74, 6) is 0.238. The maximum Gasteiger partial charge on any atom is 0.271 e. The zero-order chi connectivity index (χ0) is 12.7. The number of aromatic amines is 1. The highest BCUT2D eigenvalue weighted by atomic mass is 35.5. The standard InChI is InChI=1S/C12H22N4O.ClH/c1-4-5-13-6-7-14-12(17)11-8-10(9(2)3)15-16-11;/h8-9,13H,4-7H2,1-3H3,(H,14,17)(H,15,16);1H. The monoisotopic (exact) mass is 274 g/mol. The minimum atomic E-state index is -0.119. The summed E-state index contributed by atoms with van der Waals surface area (Å²) in [5.41, 5.74) is 1.45. The van der Waals surface area contributed by atoms with Gasteiger partial charge in [-0.15, -0.1) is 12.4 Å². The van der Waals surface area contributed by atoms with Gasteiger partial charge in [-0.2, -0.15) is 5.10 Å². The molecule has 0 saturated heterocycles. The molecule has 1 aromatic heterocycles. The van der Waals surface area contributed by atoms with Crippen molar-refractivity contribution < 1.29 is 4.79 Å². The van der Waals surface area contributed by atoms with Crippen LogP contribution in [0.3, 0.4) is 0 Å². The molecule has 6 heteroatoms. The van der Waals surface area contributed by atoms with E-state index in [1.54, 1.807) is 6.07 Å². The van der Waals surface area contributed by atoms with Crippen molar-refractivity contribution in [3.63, 3.8) is 0 Å². The minimum absolute atomic E-state index is 0. The van der Waals surface area contributed by atoms with Crippen LogP contribution in [0, 0.1) is 0 Å². The Kier molecular flexibility index (Phi) is 8.41. The number of nitrogens with one attached hydrogen (secondary N) is 3. The number of carbonyl (C=O) groups is 1. The summed E-state index contributed by atoms with van der Waals surface area (Å²) < 4.78 is 0. The molecule has 0 saturated carbocycles. The van der Waals surface area contributed by atoms with Gasteiger partial charge in [0.15, 0.2) is 0 Å². The highest BCUT2D eigenvalue weighted by Crippen LogP contribution is 2.11. The van der Waals surface area contributed by atoms with Crippen molar-refractivity contribution in [1.29, 1.82) is 0 Å². The fourth-order valence-corrected chi connectivity index (χ4v) is 1.41. The third-order valence-electron chi connectivity index (χ3n) is 2.47. The second-order valence-electron chi connectivity index (χ2n) is 4.37. The first kappa shape index (κ1) is 16.9. The number of hydrogen-bond acceptors (Lipinski definition) is 3. The van der Waals surface area contributed by atoms with Crippen LogP contribution in [0.15, 0.2) is 6.07 Å². The van der Waals surface area contributed by atoms with Crippen molar-refractivity contribution in [2.75, 3.05) is 19.6 Å². The predicted octanol–water partition coefficient (Wildman–Crippen LogP) is 1.68. The van der Waals surface area contributed by atoms with E-state index in [9.17, 15) is 4.79 Å². The summed E-state index contributed by atoms with van der Waals surface area (Å²) in [6.07, 6.45) is 1.10. The first-order chi connectivity index (χ1) is 8.15. The second-order valence-corrected chi connectivity index (χ2v) is 4.37. The van der Waals surface area contributed by atoms with E-state index in [2.05, 4.69) is 41.6 Å². The molecule has 0 spiro atoms. The molecule has 3 N–H and O–H groups in total. The highest BCUT2D eigenvalue weighted by Gasteiger charge is 2.10. The Labute approximate surface area is 115 Å². The lowest BCUT2D eigenvalue weighted by Crippen LogP contribution is -2.32. The molecule has 0 aromatic carbocycles. The van der Waals surface area contributed by atoms with Crippen molar-refractivity contribution in [3.8, 4) is 0 Å². The van der Waals surface area contributed by atoms with Gasteiger partial charge in [-0.3, -0.25) is 9.89 Å². The first-order valence-corrected chi connectivity index (χ1v) is 6.19. The zero-order valence-corrected chi connectivity index (χ0v) is 12.1. The quantitative estimate of drug-likeness (QED) is 0.663. The molecule has 0 bridgehead atoms. The Bertz CT molecular complexity index is 352. The minimum Gasteiger partial charge on any atom is -0.349 e. The summed E-state index contributed by atoms with van der Waals surface area (Å²) in [5, 5.41) is 12.9. The zero-order valence-electron chi connectivity index (χ0n) is 11.2. The van der Waals surface area contributed by atoms with Gasteiger partial charge in [0.2, 0.25) is 0 Å². The molecule has 0 aliphatic rings. The summed E-state index contributed by atoms with van der Waals surface area (Å²) >= 11 is 0. The molecule has 104 valence electrons. The average Bonchev–Trinajstić information content (AvgIpc) is 2.78. The molecule has 0 aliphatic carbocycles. The van der Waals surface area contributed by atoms with Crippen LogP contribution in [0.4, 0.5) is 0 Å². The van der Waals surface area contributed by atoms with Crippen LogP contribution in [-0.4, -0.2) is 35.7 Å². The first-order valence-electron chi connectivity index (χ1n) is 6.19. The summed E-state index contributed by atoms with van der Waals surface area (Å²) in [6.45, 7) is 8.63. The maximum atomic E-state index is 11.7. The number of carbonyl (C=O) groups excluding carboxylic acids is 1. The number of aromatic nitrogens is 2. The predicted molar refractivity (Wildman–Crippen MR) is 75.4 cm³/mol. The van der Waals surface area contributed by atoms with Gasteiger partial charge in [0.05, 0.1) is 0 Å². The van der Waals surface area contributed by atoms with Crippen LogP contribution in [0.2, 0.25) is 0 Å². The smallest absolute Gasteiger partial charge is 0.271 e. The van der Waals surface area contributed by atoms with E-state index in [0.717, 1.165) is 25.2 Å². The lowest BCUT2D eigenvalue weighted by molar-refractivity contribution is 0.0949. The van der Waals surface area contributed by atoms with E-state index in [4.69, 9.17) is 0 Å². The van der Waals surface area contributed by atoms with Gasteiger partial charge < -0.3 is 10.6 Å². The second kappa shape index (κ2) is 8.94. The van der Waals surface area contributed by atoms with Gasteiger partial charge in [-0.1, -0.05) is 20.8 Å². The van der Waals surface area contributed by atoms with Gasteiger partial charge in [0.25, 0.3) is 5.91 Å². The third kappa shape index (κ3) is 5.51. The molecule has 5 nitrogen and oxygen atoms in total. The van der Waals surface area contributed by atoms with Crippen LogP contribution in [-0.2, 0) is 0 Å². The number of hydrogen-bond donors (Lipinski definition) is 3. The van der Waals surface area contributed by atoms with E-state index in [1.165, 1.54) is 0 Å². The van der Waals surface area contributed by atoms with E-state index in [0.29, 0.717) is 18.2 Å². The van der Waals surface area contributed by atoms with E-state index >= 15 is 0 Å². The van der Waals surface area contributed by atoms with Gasteiger partial charge in [0, 0.05) is 18.8 Å². The molecular weight excluding hydrogens is 252 g/mol. The van der Waals surface area contributed by atoms with E-state index < -0.39 is 0 Å². The molecule has 0 aliphatic heterocycles. The highest BCUT2D eigenvalue weighted by molar-refractivity contribution is 5.92. The third-order valence-corrected chi connectivity index (χ3v) is 2.47. The molecule has 1 rings (SSSR count). The summed E-state index contributed by atoms with van der Waals surface area (Å²) in [6, 6.07) is 1.81. The Morgan fingerprint density at radius 3 is 2.67 bits per heavy atom. The van der Waals surface area contributed by atoms with Crippen molar-refractivity contribution >= 4 is 18.3 Å². The van der Waals surface area contributed by atoms with Crippen LogP contribution in [0.25, 0.3) is 0 Å². The van der Waals surface area contributed by atoms with Crippen molar-refractivity contribution in [3.05, 3.63) is 17.5 Å². The SMILES string of the molecule is CCCNCCNC(=O)c1cc(C(C)C)[nH]n1.Cl. The Morgan fingerprint density at radius 1 is 1.39 bits per heavy atom. The summed E-state index contributed by atoms with van der Waals surface area (Å²) in [7, 11) is 0. The fraction of sp³-hybridized carbons (Fsp3) is 0.667. The lowest BCUT2D eigenvalue weighted by Gasteiger charge is -2.03. The summed E-state index contributed by atoms with van der Waals surface area (Å²) in [4.78, 5) is 11.7. The number of nitrogens with zero attached hydrogens (tertiary/aromatic N) is 1. The van der Waals surface area contributed by atoms with Crippen LogP contribution < -0.4 is 10.6 Å². The van der Waals surface area contributed by atoms with Crippen LogP contribution in [0.5, 0.6) is 0 Å². The van der Waals surface area contributed by atoms with Crippen LogP contribution >= 0.6 is 12.4 Å². The largest absolute Gasteiger partial charge is 0.349 e. The molecule has 0 unspecified atom stereocenters. The van der Waals surface area contributed by atoms with Crippen molar-refractivity contribution in [2.24, 2.45) is 0 Å².